The van der Waals surface area contributed by atoms with Crippen LogP contribution in [0.25, 0.3) is 0 Å². The number of alkyl halides is 1. The molecule has 0 aromatic carbocycles. The van der Waals surface area contributed by atoms with Crippen LogP contribution < -0.4 is 0 Å². The predicted molar refractivity (Wildman–Crippen MR) is 136 cm³/mol. The molecule has 4 atom stereocenters. The molecule has 31 heavy (non-hydrogen) atoms. The van der Waals surface area contributed by atoms with Crippen molar-refractivity contribution in [1.29, 1.82) is 0 Å². The Morgan fingerprint density at radius 3 is 1.52 bits per heavy atom. The second-order valence-corrected chi connectivity index (χ2v) is 12.4. The average Bonchev–Trinajstić information content (AvgIpc) is 3.48. The number of methoxy groups -OCH3 is 2. The van der Waals surface area contributed by atoms with Gasteiger partial charge in [0.05, 0.1) is 13.2 Å². The second kappa shape index (κ2) is 17.7. The van der Waals surface area contributed by atoms with E-state index in [-0.39, 0.29) is 40.1 Å². The van der Waals surface area contributed by atoms with Crippen LogP contribution in [0.15, 0.2) is 0 Å². The third-order valence-corrected chi connectivity index (χ3v) is 11.7. The molecule has 2 saturated heterocycles. The van der Waals surface area contributed by atoms with Gasteiger partial charge in [0.1, 0.15) is 0 Å². The van der Waals surface area contributed by atoms with E-state index in [1.54, 1.807) is 0 Å². The van der Waals surface area contributed by atoms with E-state index in [0.717, 1.165) is 18.9 Å². The van der Waals surface area contributed by atoms with E-state index in [4.69, 9.17) is 9.47 Å². The van der Waals surface area contributed by atoms with Gasteiger partial charge in [0.25, 0.3) is 0 Å². The summed E-state index contributed by atoms with van der Waals surface area (Å²) >= 11 is 4.02. The first kappa shape index (κ1) is 32.3. The summed E-state index contributed by atoms with van der Waals surface area (Å²) in [4.78, 5) is 0.696. The monoisotopic (exact) mass is 562 g/mol. The molecular weight excluding hydrogens is 515 g/mol. The maximum atomic E-state index is 5.55. The molecule has 4 fully saturated rings. The summed E-state index contributed by atoms with van der Waals surface area (Å²) in [5, 5.41) is 0. The van der Waals surface area contributed by atoms with Crippen LogP contribution in [0.4, 0.5) is 0 Å². The van der Waals surface area contributed by atoms with Crippen molar-refractivity contribution in [2.24, 2.45) is 0 Å². The Bertz CT molecular complexity index is 416. The number of rotatable bonds is 7. The maximum absolute atomic E-state index is 5.55. The van der Waals surface area contributed by atoms with E-state index in [0.29, 0.717) is 16.9 Å². The third-order valence-electron chi connectivity index (χ3n) is 6.88. The molecule has 186 valence electrons. The van der Waals surface area contributed by atoms with E-state index in [1.165, 1.54) is 90.1 Å². The topological polar surface area (TPSA) is 24.9 Å². The van der Waals surface area contributed by atoms with Gasteiger partial charge in [0.2, 0.25) is 0 Å². The van der Waals surface area contributed by atoms with E-state index >= 15 is 0 Å². The van der Waals surface area contributed by atoms with E-state index in [2.05, 4.69) is 25.3 Å². The Balaban J connectivity index is 0.000000995. The van der Waals surface area contributed by atoms with Gasteiger partial charge in [-0.2, -0.15) is 0 Å². The van der Waals surface area contributed by atoms with Crippen molar-refractivity contribution < 1.29 is 26.5 Å². The van der Waals surface area contributed by atoms with Gasteiger partial charge < -0.3 is 24.3 Å². The van der Waals surface area contributed by atoms with Gasteiger partial charge in [-0.3, -0.25) is 9.34 Å². The molecule has 0 spiro atoms. The van der Waals surface area contributed by atoms with Crippen LogP contribution in [0.1, 0.15) is 77.0 Å². The summed E-state index contributed by atoms with van der Waals surface area (Å²) in [6.45, 7) is 4.29. The van der Waals surface area contributed by atoms with Crippen molar-refractivity contribution in [2.45, 2.75) is 99.6 Å². The molecule has 2 aliphatic carbocycles. The van der Waals surface area contributed by atoms with Crippen molar-refractivity contribution in [3.05, 3.63) is 14.9 Å². The summed E-state index contributed by atoms with van der Waals surface area (Å²) in [5.41, 5.74) is 0.805. The molecule has 0 radical (unpaired) electrons. The Morgan fingerprint density at radius 2 is 1.16 bits per heavy atom. The fraction of sp³-hybridized carbons (Fsp3) is 0.917. The van der Waals surface area contributed by atoms with Crippen LogP contribution in [-0.2, 0) is 26.5 Å². The first-order valence-electron chi connectivity index (χ1n) is 11.7. The molecule has 2 unspecified atom stereocenters. The molecule has 4 nitrogen and oxygen atoms in total. The zero-order valence-corrected chi connectivity index (χ0v) is 24.1. The minimum Gasteiger partial charge on any atom is -0.383 e. The van der Waals surface area contributed by atoms with Crippen molar-refractivity contribution >= 4 is 24.2 Å². The standard InChI is InChI=1S/C17H32BrN2O2P.C5H10.2CH3.Fe/c1-21-12-14-6-4-10-19(14)23(17-9-3-8-16(17)18)20-11-5-7-15(20)13-22-2;1-2-4-5-3-1;;;/h14-17H,3-13H2,1-2H3;1-5H2;2*1H3;/q;;2*-1;+2/t14-,15-,16?,17?;;;;/m1..../s1. The van der Waals surface area contributed by atoms with Gasteiger partial charge in [0.15, 0.2) is 0 Å². The summed E-state index contributed by atoms with van der Waals surface area (Å²) in [6, 6.07) is 1.24. The van der Waals surface area contributed by atoms with E-state index in [9.17, 15) is 0 Å². The molecule has 7 heteroatoms. The third kappa shape index (κ3) is 9.10. The van der Waals surface area contributed by atoms with Crippen LogP contribution in [-0.4, -0.2) is 72.4 Å². The van der Waals surface area contributed by atoms with Crippen LogP contribution >= 0.6 is 24.2 Å². The summed E-state index contributed by atoms with van der Waals surface area (Å²) < 4.78 is 16.8. The van der Waals surface area contributed by atoms with Gasteiger partial charge in [-0.15, -0.1) is 0 Å². The molecule has 4 aliphatic rings. The van der Waals surface area contributed by atoms with Gasteiger partial charge in [-0.05, 0) is 38.5 Å². The largest absolute Gasteiger partial charge is 2.00 e. The minimum atomic E-state index is -0.245. The first-order valence-corrected chi connectivity index (χ1v) is 13.9. The van der Waals surface area contributed by atoms with Crippen LogP contribution in [0.5, 0.6) is 0 Å². The normalized spacial score (nSPS) is 31.0. The Morgan fingerprint density at radius 1 is 0.710 bits per heavy atom. The molecule has 2 heterocycles. The van der Waals surface area contributed by atoms with Crippen molar-refractivity contribution in [1.82, 2.24) is 9.34 Å². The van der Waals surface area contributed by atoms with Gasteiger partial charge in [0, 0.05) is 58.1 Å². The van der Waals surface area contributed by atoms with Crippen LogP contribution in [0.2, 0.25) is 0 Å². The molecular formula is C24H48BrFeN2O2P. The van der Waals surface area contributed by atoms with Gasteiger partial charge in [-0.25, -0.2) is 0 Å². The Kier molecular flexibility index (Phi) is 18.4. The summed E-state index contributed by atoms with van der Waals surface area (Å²) in [7, 11) is 3.46. The Hall–Kier alpha value is 1.27. The van der Waals surface area contributed by atoms with Gasteiger partial charge >= 0.3 is 17.1 Å². The Labute approximate surface area is 214 Å². The quantitative estimate of drug-likeness (QED) is 0.149. The molecule has 4 rings (SSSR count). The fourth-order valence-corrected chi connectivity index (χ4v) is 10.3. The van der Waals surface area contributed by atoms with Crippen molar-refractivity contribution in [3.8, 4) is 0 Å². The molecule has 0 N–H and O–H groups in total. The second-order valence-electron chi connectivity index (χ2n) is 8.93. The smallest absolute Gasteiger partial charge is 0.383 e. The summed E-state index contributed by atoms with van der Waals surface area (Å²) in [5.74, 6) is 0. The number of nitrogens with zero attached hydrogens (tertiary/aromatic N) is 2. The first-order chi connectivity index (χ1) is 13.8. The minimum absolute atomic E-state index is 0. The van der Waals surface area contributed by atoms with Crippen molar-refractivity contribution in [3.63, 3.8) is 0 Å². The molecule has 0 bridgehead atoms. The number of hydrogen-bond acceptors (Lipinski definition) is 4. The van der Waals surface area contributed by atoms with Gasteiger partial charge in [-0.1, -0.05) is 54.5 Å². The van der Waals surface area contributed by atoms with Crippen LogP contribution in [0, 0.1) is 14.9 Å². The maximum Gasteiger partial charge on any atom is 2.00 e. The predicted octanol–water partition coefficient (Wildman–Crippen LogP) is 6.68. The van der Waals surface area contributed by atoms with Crippen molar-refractivity contribution in [2.75, 3.05) is 40.5 Å². The number of halogens is 1. The molecule has 2 aliphatic heterocycles. The molecule has 0 aromatic heterocycles. The average molecular weight is 563 g/mol. The van der Waals surface area contributed by atoms with E-state index < -0.39 is 0 Å². The molecule has 2 saturated carbocycles. The molecule has 0 aromatic rings. The van der Waals surface area contributed by atoms with Crippen LogP contribution in [0.3, 0.4) is 0 Å². The SMILES string of the molecule is C1CCCC1.COC[C@H]1CCCN1P(C1CCCC1Br)N1CCC[C@@H]1COC.[CH3-].[CH3-].[Fe+2]. The number of hydrogen-bond donors (Lipinski definition) is 0. The van der Waals surface area contributed by atoms with E-state index in [1.807, 2.05) is 14.2 Å². The zero-order valence-electron chi connectivity index (χ0n) is 20.5. The zero-order chi connectivity index (χ0) is 19.8. The fourth-order valence-electron chi connectivity index (χ4n) is 5.47. The number of ether oxygens (including phenoxy) is 2. The molecule has 0 amide bonds. The summed E-state index contributed by atoms with van der Waals surface area (Å²) in [6.07, 6.45) is 16.9.